The SMILES string of the molecule is C=CC(C)(C)OC(=O)C#CC1C(C(=O)O)C1(C)C. The molecule has 2 atom stereocenters. The van der Waals surface area contributed by atoms with Crippen LogP contribution in [0, 0.1) is 29.1 Å². The summed E-state index contributed by atoms with van der Waals surface area (Å²) in [5, 5.41) is 8.95. The summed E-state index contributed by atoms with van der Waals surface area (Å²) in [6, 6.07) is 0. The average Bonchev–Trinajstić information content (AvgIpc) is 2.77. The van der Waals surface area contributed by atoms with Gasteiger partial charge in [0, 0.05) is 11.8 Å². The average molecular weight is 250 g/mol. The zero-order chi connectivity index (χ0) is 14.1. The van der Waals surface area contributed by atoms with Crippen molar-refractivity contribution in [1.29, 1.82) is 0 Å². The van der Waals surface area contributed by atoms with Gasteiger partial charge < -0.3 is 9.84 Å². The lowest BCUT2D eigenvalue weighted by Gasteiger charge is -2.18. The molecule has 1 N–H and O–H groups in total. The highest BCUT2D eigenvalue weighted by molar-refractivity contribution is 5.89. The van der Waals surface area contributed by atoms with Crippen LogP contribution in [-0.4, -0.2) is 22.6 Å². The Morgan fingerprint density at radius 2 is 2.00 bits per heavy atom. The first-order chi connectivity index (χ1) is 8.12. The molecule has 1 aliphatic rings. The largest absolute Gasteiger partial charge is 0.481 e. The van der Waals surface area contributed by atoms with Gasteiger partial charge in [0.1, 0.15) is 5.60 Å². The highest BCUT2D eigenvalue weighted by Gasteiger charge is 2.61. The van der Waals surface area contributed by atoms with Gasteiger partial charge in [-0.3, -0.25) is 4.79 Å². The van der Waals surface area contributed by atoms with E-state index in [9.17, 15) is 9.59 Å². The Labute approximate surface area is 107 Å². The summed E-state index contributed by atoms with van der Waals surface area (Å²) in [7, 11) is 0. The van der Waals surface area contributed by atoms with E-state index in [0.29, 0.717) is 0 Å². The number of carbonyl (C=O) groups is 2. The Hall–Kier alpha value is -1.76. The Morgan fingerprint density at radius 1 is 1.44 bits per heavy atom. The third-order valence-corrected chi connectivity index (χ3v) is 3.27. The summed E-state index contributed by atoms with van der Waals surface area (Å²) in [6.07, 6.45) is 1.51. The number of carbonyl (C=O) groups excluding carboxylic acids is 1. The molecule has 0 bridgehead atoms. The van der Waals surface area contributed by atoms with Crippen LogP contribution in [0.2, 0.25) is 0 Å². The second kappa shape index (κ2) is 4.49. The summed E-state index contributed by atoms with van der Waals surface area (Å²) < 4.78 is 5.05. The molecule has 1 saturated carbocycles. The molecule has 1 rings (SSSR count). The summed E-state index contributed by atoms with van der Waals surface area (Å²) in [5.41, 5.74) is -1.15. The first kappa shape index (κ1) is 14.3. The van der Waals surface area contributed by atoms with Gasteiger partial charge in [-0.15, -0.1) is 0 Å². The molecule has 0 saturated heterocycles. The van der Waals surface area contributed by atoms with Crippen molar-refractivity contribution in [2.24, 2.45) is 17.3 Å². The maximum absolute atomic E-state index is 11.4. The van der Waals surface area contributed by atoms with Crippen molar-refractivity contribution < 1.29 is 19.4 Å². The van der Waals surface area contributed by atoms with Crippen LogP contribution >= 0.6 is 0 Å². The summed E-state index contributed by atoms with van der Waals surface area (Å²) >= 11 is 0. The van der Waals surface area contributed by atoms with E-state index in [-0.39, 0.29) is 11.3 Å². The van der Waals surface area contributed by atoms with E-state index in [1.807, 2.05) is 13.8 Å². The van der Waals surface area contributed by atoms with E-state index in [4.69, 9.17) is 9.84 Å². The molecule has 18 heavy (non-hydrogen) atoms. The standard InChI is InChI=1S/C14H18O4/c1-6-13(2,3)18-10(15)8-7-9-11(12(16)17)14(9,4)5/h6,9,11H,1H2,2-5H3,(H,16,17). The molecule has 4 nitrogen and oxygen atoms in total. The highest BCUT2D eigenvalue weighted by atomic mass is 16.6. The second-order valence-corrected chi connectivity index (χ2v) is 5.58. The van der Waals surface area contributed by atoms with Crippen molar-refractivity contribution in [1.82, 2.24) is 0 Å². The zero-order valence-electron chi connectivity index (χ0n) is 11.1. The number of ether oxygens (including phenoxy) is 1. The van der Waals surface area contributed by atoms with E-state index < -0.39 is 23.5 Å². The Morgan fingerprint density at radius 3 is 2.39 bits per heavy atom. The van der Waals surface area contributed by atoms with Crippen molar-refractivity contribution >= 4 is 11.9 Å². The normalized spacial score (nSPS) is 24.4. The summed E-state index contributed by atoms with van der Waals surface area (Å²) in [4.78, 5) is 22.4. The molecule has 0 heterocycles. The number of carboxylic acid groups (broad SMARTS) is 1. The number of hydrogen-bond donors (Lipinski definition) is 1. The fraction of sp³-hybridized carbons (Fsp3) is 0.571. The van der Waals surface area contributed by atoms with Gasteiger partial charge in [0.05, 0.1) is 5.92 Å². The minimum Gasteiger partial charge on any atom is -0.481 e. The lowest BCUT2D eigenvalue weighted by molar-refractivity contribution is -0.145. The Balaban J connectivity index is 2.66. The van der Waals surface area contributed by atoms with Crippen LogP contribution < -0.4 is 0 Å². The van der Waals surface area contributed by atoms with Crippen LogP contribution in [0.3, 0.4) is 0 Å². The number of carboxylic acids is 1. The minimum atomic E-state index is -0.876. The van der Waals surface area contributed by atoms with Crippen molar-refractivity contribution in [2.45, 2.75) is 33.3 Å². The lowest BCUT2D eigenvalue weighted by Crippen LogP contribution is -2.24. The monoisotopic (exact) mass is 250 g/mol. The van der Waals surface area contributed by atoms with Gasteiger partial charge in [0.2, 0.25) is 0 Å². The molecule has 0 aromatic rings. The molecule has 0 amide bonds. The van der Waals surface area contributed by atoms with Crippen LogP contribution in [0.15, 0.2) is 12.7 Å². The van der Waals surface area contributed by atoms with Gasteiger partial charge in [0.25, 0.3) is 0 Å². The molecule has 0 aromatic heterocycles. The number of aliphatic carboxylic acids is 1. The molecular formula is C14H18O4. The first-order valence-electron chi connectivity index (χ1n) is 5.73. The molecule has 2 unspecified atom stereocenters. The number of rotatable bonds is 3. The molecule has 98 valence electrons. The van der Waals surface area contributed by atoms with Crippen molar-refractivity contribution in [3.63, 3.8) is 0 Å². The van der Waals surface area contributed by atoms with Gasteiger partial charge in [0.15, 0.2) is 0 Å². The van der Waals surface area contributed by atoms with Gasteiger partial charge in [-0.25, -0.2) is 4.79 Å². The van der Waals surface area contributed by atoms with Gasteiger partial charge in [-0.1, -0.05) is 26.3 Å². The smallest absolute Gasteiger partial charge is 0.385 e. The predicted molar refractivity (Wildman–Crippen MR) is 66.5 cm³/mol. The van der Waals surface area contributed by atoms with Gasteiger partial charge >= 0.3 is 11.9 Å². The highest BCUT2D eigenvalue weighted by Crippen LogP contribution is 2.57. The molecule has 0 radical (unpaired) electrons. The van der Waals surface area contributed by atoms with E-state index >= 15 is 0 Å². The van der Waals surface area contributed by atoms with Crippen molar-refractivity contribution in [3.05, 3.63) is 12.7 Å². The van der Waals surface area contributed by atoms with E-state index in [1.165, 1.54) is 6.08 Å². The maximum atomic E-state index is 11.4. The van der Waals surface area contributed by atoms with E-state index in [1.54, 1.807) is 13.8 Å². The number of esters is 1. The summed E-state index contributed by atoms with van der Waals surface area (Å²) in [6.45, 7) is 10.6. The fourth-order valence-corrected chi connectivity index (χ4v) is 1.81. The van der Waals surface area contributed by atoms with Crippen LogP contribution in [0.5, 0.6) is 0 Å². The van der Waals surface area contributed by atoms with Crippen molar-refractivity contribution in [2.75, 3.05) is 0 Å². The third kappa shape index (κ3) is 2.92. The Kier molecular flexibility index (Phi) is 3.57. The topological polar surface area (TPSA) is 63.6 Å². The van der Waals surface area contributed by atoms with E-state index in [2.05, 4.69) is 18.4 Å². The molecule has 4 heteroatoms. The van der Waals surface area contributed by atoms with Crippen LogP contribution in [-0.2, 0) is 14.3 Å². The lowest BCUT2D eigenvalue weighted by atomic mass is 10.1. The van der Waals surface area contributed by atoms with E-state index in [0.717, 1.165) is 0 Å². The fourth-order valence-electron chi connectivity index (χ4n) is 1.81. The first-order valence-corrected chi connectivity index (χ1v) is 5.73. The second-order valence-electron chi connectivity index (χ2n) is 5.58. The zero-order valence-corrected chi connectivity index (χ0v) is 11.1. The van der Waals surface area contributed by atoms with Crippen LogP contribution in [0.4, 0.5) is 0 Å². The number of hydrogen-bond acceptors (Lipinski definition) is 3. The molecular weight excluding hydrogens is 232 g/mol. The summed E-state index contributed by atoms with van der Waals surface area (Å²) in [5.74, 6) is 2.70. The molecule has 1 fully saturated rings. The Bertz CT molecular complexity index is 448. The third-order valence-electron chi connectivity index (χ3n) is 3.27. The van der Waals surface area contributed by atoms with Crippen LogP contribution in [0.1, 0.15) is 27.7 Å². The van der Waals surface area contributed by atoms with Crippen LogP contribution in [0.25, 0.3) is 0 Å². The molecule has 0 spiro atoms. The minimum absolute atomic E-state index is 0.297. The maximum Gasteiger partial charge on any atom is 0.385 e. The molecule has 0 aromatic carbocycles. The quantitative estimate of drug-likeness (QED) is 0.359. The van der Waals surface area contributed by atoms with Gasteiger partial charge in [-0.2, -0.15) is 0 Å². The van der Waals surface area contributed by atoms with Crippen molar-refractivity contribution in [3.8, 4) is 11.8 Å². The molecule has 0 aliphatic heterocycles. The molecule has 1 aliphatic carbocycles. The van der Waals surface area contributed by atoms with Gasteiger partial charge in [-0.05, 0) is 25.3 Å². The predicted octanol–water partition coefficient (Wildman–Crippen LogP) is 1.85.